The third-order valence-electron chi connectivity index (χ3n) is 2.46. The van der Waals surface area contributed by atoms with Gasteiger partial charge in [0.1, 0.15) is 0 Å². The molecule has 0 aromatic carbocycles. The van der Waals surface area contributed by atoms with Crippen LogP contribution in [0.2, 0.25) is 0 Å². The van der Waals surface area contributed by atoms with Crippen molar-refractivity contribution in [3.63, 3.8) is 0 Å². The first-order chi connectivity index (χ1) is 5.60. The van der Waals surface area contributed by atoms with Crippen LogP contribution in [0.25, 0.3) is 0 Å². The van der Waals surface area contributed by atoms with Gasteiger partial charge in [0.15, 0.2) is 0 Å². The number of β-amino-alcohol motifs (C(OH)–C–C–N with tert-alkyl or cyclic N) is 2. The minimum atomic E-state index is -1.62. The van der Waals surface area contributed by atoms with Gasteiger partial charge >= 0.3 is 0 Å². The van der Waals surface area contributed by atoms with Crippen molar-refractivity contribution in [3.8, 4) is 0 Å². The molecule has 1 rings (SSSR count). The molecule has 0 bridgehead atoms. The van der Waals surface area contributed by atoms with E-state index in [1.54, 1.807) is 4.90 Å². The van der Waals surface area contributed by atoms with Crippen molar-refractivity contribution in [3.05, 3.63) is 0 Å². The Bertz CT molecular complexity index is 150. The zero-order chi connectivity index (χ0) is 9.19. The lowest BCUT2D eigenvalue weighted by atomic mass is 10.2. The maximum absolute atomic E-state index is 9.58. The molecule has 0 aromatic rings. The smallest absolute Gasteiger partial charge is 0.238 e. The highest BCUT2D eigenvalue weighted by Gasteiger charge is 2.36. The maximum Gasteiger partial charge on any atom is 0.238 e. The van der Waals surface area contributed by atoms with Gasteiger partial charge in [-0.25, -0.2) is 0 Å². The third kappa shape index (κ3) is 1.95. The Hall–Kier alpha value is -0.160. The molecule has 1 saturated heterocycles. The second kappa shape index (κ2) is 3.70. The van der Waals surface area contributed by atoms with Crippen molar-refractivity contribution < 1.29 is 10.2 Å². The molecule has 72 valence electrons. The van der Waals surface area contributed by atoms with Crippen LogP contribution in [0, 0.1) is 0 Å². The van der Waals surface area contributed by atoms with Gasteiger partial charge in [0.2, 0.25) is 5.91 Å². The van der Waals surface area contributed by atoms with Gasteiger partial charge < -0.3 is 10.2 Å². The molecular weight excluding hydrogens is 156 g/mol. The first-order valence-electron chi connectivity index (χ1n) is 4.52. The predicted octanol–water partition coefficient (Wildman–Crippen LogP) is -0.718. The predicted molar refractivity (Wildman–Crippen MR) is 46.5 cm³/mol. The summed E-state index contributed by atoms with van der Waals surface area (Å²) in [6.45, 7) is 7.51. The lowest BCUT2D eigenvalue weighted by Gasteiger charge is -2.43. The van der Waals surface area contributed by atoms with E-state index in [9.17, 15) is 10.2 Å². The second-order valence-electron chi connectivity index (χ2n) is 3.22. The molecule has 0 aromatic heterocycles. The first-order valence-corrected chi connectivity index (χ1v) is 4.52. The Morgan fingerprint density at radius 2 is 1.83 bits per heavy atom. The van der Waals surface area contributed by atoms with Crippen molar-refractivity contribution in [1.82, 2.24) is 9.80 Å². The van der Waals surface area contributed by atoms with E-state index >= 15 is 0 Å². The number of piperazine rings is 1. The van der Waals surface area contributed by atoms with Crippen LogP contribution >= 0.6 is 0 Å². The molecule has 1 heterocycles. The molecule has 0 aliphatic carbocycles. The van der Waals surface area contributed by atoms with Crippen LogP contribution in [0.3, 0.4) is 0 Å². The summed E-state index contributed by atoms with van der Waals surface area (Å²) >= 11 is 0. The summed E-state index contributed by atoms with van der Waals surface area (Å²) in [6, 6.07) is 0. The van der Waals surface area contributed by atoms with Crippen LogP contribution in [0.5, 0.6) is 0 Å². The van der Waals surface area contributed by atoms with Gasteiger partial charge in [-0.1, -0.05) is 13.8 Å². The standard InChI is InChI=1S/C8H18N2O2/c1-3-9-5-6-10(4-2)8(11,12)7-9/h11-12H,3-7H2,1-2H3. The normalized spacial score (nSPS) is 26.0. The van der Waals surface area contributed by atoms with Crippen LogP contribution in [-0.2, 0) is 0 Å². The van der Waals surface area contributed by atoms with Crippen molar-refractivity contribution >= 4 is 0 Å². The fourth-order valence-electron chi connectivity index (χ4n) is 1.60. The topological polar surface area (TPSA) is 46.9 Å². The highest BCUT2D eigenvalue weighted by molar-refractivity contribution is 4.78. The summed E-state index contributed by atoms with van der Waals surface area (Å²) < 4.78 is 0. The van der Waals surface area contributed by atoms with Gasteiger partial charge in [-0.2, -0.15) is 0 Å². The van der Waals surface area contributed by atoms with Gasteiger partial charge in [-0.05, 0) is 6.54 Å². The molecule has 4 nitrogen and oxygen atoms in total. The molecule has 2 N–H and O–H groups in total. The number of nitrogens with zero attached hydrogens (tertiary/aromatic N) is 2. The number of aliphatic hydroxyl groups is 2. The van der Waals surface area contributed by atoms with Gasteiger partial charge in [0, 0.05) is 19.6 Å². The van der Waals surface area contributed by atoms with E-state index in [-0.39, 0.29) is 0 Å². The fraction of sp³-hybridized carbons (Fsp3) is 1.00. The molecule has 0 atom stereocenters. The van der Waals surface area contributed by atoms with Crippen LogP contribution in [0.1, 0.15) is 13.8 Å². The van der Waals surface area contributed by atoms with E-state index < -0.39 is 5.91 Å². The second-order valence-corrected chi connectivity index (χ2v) is 3.22. The van der Waals surface area contributed by atoms with E-state index in [1.165, 1.54) is 0 Å². The van der Waals surface area contributed by atoms with Gasteiger partial charge in [0.05, 0.1) is 6.54 Å². The molecule has 0 radical (unpaired) electrons. The molecule has 1 fully saturated rings. The molecule has 12 heavy (non-hydrogen) atoms. The summed E-state index contributed by atoms with van der Waals surface area (Å²) in [6.07, 6.45) is 0. The van der Waals surface area contributed by atoms with Crippen molar-refractivity contribution in [2.45, 2.75) is 19.8 Å². The highest BCUT2D eigenvalue weighted by Crippen LogP contribution is 2.14. The lowest BCUT2D eigenvalue weighted by Crippen LogP contribution is -2.62. The first kappa shape index (κ1) is 9.92. The molecular formula is C8H18N2O2. The number of rotatable bonds is 2. The average molecular weight is 174 g/mol. The highest BCUT2D eigenvalue weighted by atomic mass is 16.5. The summed E-state index contributed by atoms with van der Waals surface area (Å²) in [5, 5.41) is 19.2. The summed E-state index contributed by atoms with van der Waals surface area (Å²) in [7, 11) is 0. The quantitative estimate of drug-likeness (QED) is 0.543. The van der Waals surface area contributed by atoms with Crippen LogP contribution in [-0.4, -0.2) is 58.6 Å². The summed E-state index contributed by atoms with van der Waals surface area (Å²) in [4.78, 5) is 3.71. The van der Waals surface area contributed by atoms with Crippen LogP contribution in [0.4, 0.5) is 0 Å². The Morgan fingerprint density at radius 3 is 2.25 bits per heavy atom. The zero-order valence-electron chi connectivity index (χ0n) is 7.82. The summed E-state index contributed by atoms with van der Waals surface area (Å²) in [5.74, 6) is -1.62. The maximum atomic E-state index is 9.58. The van der Waals surface area contributed by atoms with Crippen LogP contribution < -0.4 is 0 Å². The number of hydrogen-bond acceptors (Lipinski definition) is 4. The van der Waals surface area contributed by atoms with E-state index in [1.807, 2.05) is 18.7 Å². The van der Waals surface area contributed by atoms with Gasteiger partial charge in [-0.15, -0.1) is 0 Å². The van der Waals surface area contributed by atoms with Crippen molar-refractivity contribution in [2.24, 2.45) is 0 Å². The van der Waals surface area contributed by atoms with E-state index in [4.69, 9.17) is 0 Å². The van der Waals surface area contributed by atoms with Crippen LogP contribution in [0.15, 0.2) is 0 Å². The lowest BCUT2D eigenvalue weighted by molar-refractivity contribution is -0.285. The number of likely N-dealkylation sites (N-methyl/N-ethyl adjacent to an activating group) is 2. The van der Waals surface area contributed by atoms with E-state index in [0.29, 0.717) is 13.1 Å². The summed E-state index contributed by atoms with van der Waals surface area (Å²) in [5.41, 5.74) is 0. The van der Waals surface area contributed by atoms with Crippen molar-refractivity contribution in [2.75, 3.05) is 32.7 Å². The molecule has 0 unspecified atom stereocenters. The molecule has 4 heteroatoms. The molecule has 0 saturated carbocycles. The number of hydrogen-bond donors (Lipinski definition) is 2. The third-order valence-corrected chi connectivity index (χ3v) is 2.46. The minimum absolute atomic E-state index is 0.331. The molecule has 1 aliphatic heterocycles. The van der Waals surface area contributed by atoms with Gasteiger partial charge in [0.25, 0.3) is 0 Å². The average Bonchev–Trinajstić information content (AvgIpc) is 2.02. The van der Waals surface area contributed by atoms with E-state index in [2.05, 4.69) is 0 Å². The zero-order valence-corrected chi connectivity index (χ0v) is 7.82. The minimum Gasteiger partial charge on any atom is -0.352 e. The van der Waals surface area contributed by atoms with Crippen molar-refractivity contribution in [1.29, 1.82) is 0 Å². The van der Waals surface area contributed by atoms with E-state index in [0.717, 1.165) is 19.6 Å². The molecule has 0 spiro atoms. The Kier molecular flexibility index (Phi) is 3.06. The Balaban J connectivity index is 2.54. The van der Waals surface area contributed by atoms with Gasteiger partial charge in [-0.3, -0.25) is 9.80 Å². The fourth-order valence-corrected chi connectivity index (χ4v) is 1.60. The SMILES string of the molecule is CCN1CCN(CC)C(O)(O)C1. The monoisotopic (exact) mass is 174 g/mol. The molecule has 0 amide bonds. The Morgan fingerprint density at radius 1 is 1.17 bits per heavy atom. The molecule has 1 aliphatic rings. The Labute approximate surface area is 73.4 Å². The largest absolute Gasteiger partial charge is 0.352 e.